The van der Waals surface area contributed by atoms with Gasteiger partial charge < -0.3 is 9.84 Å². The second-order valence-electron chi connectivity index (χ2n) is 9.76. The molecule has 0 spiro atoms. The smallest absolute Gasteiger partial charge is 0.411 e. The van der Waals surface area contributed by atoms with E-state index in [0.29, 0.717) is 24.4 Å². The highest BCUT2D eigenvalue weighted by Crippen LogP contribution is 2.62. The Labute approximate surface area is 163 Å². The van der Waals surface area contributed by atoms with E-state index in [1.165, 1.54) is 12.8 Å². The third-order valence-electron chi connectivity index (χ3n) is 7.42. The maximum Gasteiger partial charge on any atom is 0.411 e. The third-order valence-corrected chi connectivity index (χ3v) is 7.42. The SMILES string of the molecule is CC1(C)CCC[C@]2(C)[C@@H](CCOC(=O)Nc3ccccc3)[C@](C)(O)CC[C@@H]12. The quantitative estimate of drug-likeness (QED) is 0.720. The van der Waals surface area contributed by atoms with Crippen LogP contribution in [0.25, 0.3) is 0 Å². The zero-order chi connectivity index (χ0) is 19.7. The molecule has 2 aliphatic carbocycles. The molecule has 0 aromatic heterocycles. The van der Waals surface area contributed by atoms with Crippen LogP contribution in [0.4, 0.5) is 10.5 Å². The highest BCUT2D eigenvalue weighted by Gasteiger charge is 2.57. The number of nitrogens with one attached hydrogen (secondary N) is 1. The van der Waals surface area contributed by atoms with Crippen molar-refractivity contribution in [2.24, 2.45) is 22.7 Å². The van der Waals surface area contributed by atoms with E-state index in [9.17, 15) is 9.90 Å². The minimum atomic E-state index is -0.696. The average Bonchev–Trinajstić information content (AvgIpc) is 2.57. The maximum atomic E-state index is 12.1. The lowest BCUT2D eigenvalue weighted by Gasteiger charge is -2.61. The van der Waals surface area contributed by atoms with Crippen LogP contribution in [0.1, 0.15) is 66.2 Å². The Morgan fingerprint density at radius 1 is 1.15 bits per heavy atom. The van der Waals surface area contributed by atoms with Gasteiger partial charge in [0.15, 0.2) is 0 Å². The largest absolute Gasteiger partial charge is 0.449 e. The third kappa shape index (κ3) is 4.16. The van der Waals surface area contributed by atoms with Crippen molar-refractivity contribution in [1.29, 1.82) is 0 Å². The van der Waals surface area contributed by atoms with Gasteiger partial charge in [-0.25, -0.2) is 4.79 Å². The van der Waals surface area contributed by atoms with Gasteiger partial charge in [0.1, 0.15) is 0 Å². The molecule has 2 N–H and O–H groups in total. The van der Waals surface area contributed by atoms with E-state index in [1.54, 1.807) is 0 Å². The van der Waals surface area contributed by atoms with Crippen LogP contribution in [0, 0.1) is 22.7 Å². The van der Waals surface area contributed by atoms with E-state index in [0.717, 1.165) is 24.9 Å². The van der Waals surface area contributed by atoms with Gasteiger partial charge in [0.2, 0.25) is 0 Å². The minimum Gasteiger partial charge on any atom is -0.449 e. The molecule has 1 aromatic carbocycles. The van der Waals surface area contributed by atoms with Crippen molar-refractivity contribution >= 4 is 11.8 Å². The number of para-hydroxylation sites is 1. The first kappa shape index (κ1) is 20.2. The van der Waals surface area contributed by atoms with Gasteiger partial charge in [-0.2, -0.15) is 0 Å². The van der Waals surface area contributed by atoms with Crippen LogP contribution >= 0.6 is 0 Å². The highest BCUT2D eigenvalue weighted by molar-refractivity contribution is 5.84. The molecule has 4 heteroatoms. The first-order valence-corrected chi connectivity index (χ1v) is 10.4. The van der Waals surface area contributed by atoms with Gasteiger partial charge in [0.05, 0.1) is 12.2 Å². The first-order chi connectivity index (χ1) is 12.7. The fraction of sp³-hybridized carbons (Fsp3) is 0.696. The van der Waals surface area contributed by atoms with Gasteiger partial charge in [-0.05, 0) is 73.8 Å². The molecule has 2 aliphatic rings. The Morgan fingerprint density at radius 2 is 1.85 bits per heavy atom. The molecule has 4 atom stereocenters. The molecule has 2 fully saturated rings. The second kappa shape index (κ2) is 7.46. The topological polar surface area (TPSA) is 58.6 Å². The zero-order valence-electron chi connectivity index (χ0n) is 17.3. The summed E-state index contributed by atoms with van der Waals surface area (Å²) < 4.78 is 5.46. The molecule has 2 saturated carbocycles. The molecule has 150 valence electrons. The van der Waals surface area contributed by atoms with Crippen molar-refractivity contribution in [2.75, 3.05) is 11.9 Å². The van der Waals surface area contributed by atoms with Crippen molar-refractivity contribution < 1.29 is 14.6 Å². The van der Waals surface area contributed by atoms with Gasteiger partial charge in [-0.1, -0.05) is 45.4 Å². The predicted molar refractivity (Wildman–Crippen MR) is 109 cm³/mol. The Balaban J connectivity index is 1.64. The molecule has 1 amide bonds. The van der Waals surface area contributed by atoms with Gasteiger partial charge in [-0.3, -0.25) is 5.32 Å². The summed E-state index contributed by atoms with van der Waals surface area (Å²) in [6.45, 7) is 9.44. The Bertz CT molecular complexity index is 655. The van der Waals surface area contributed by atoms with Crippen LogP contribution in [-0.2, 0) is 4.74 Å². The summed E-state index contributed by atoms with van der Waals surface area (Å²) in [4.78, 5) is 12.1. The standard InChI is InChI=1S/C23H35NO3/c1-21(2)13-8-14-22(3)18(21)11-15-23(4,26)19(22)12-16-27-20(25)24-17-9-6-5-7-10-17/h5-7,9-10,18-19,26H,8,11-16H2,1-4H3,(H,24,25)/t18-,19+,22-,23+/m0/s1. The lowest BCUT2D eigenvalue weighted by Crippen LogP contribution is -2.57. The van der Waals surface area contributed by atoms with Crippen LogP contribution in [0.2, 0.25) is 0 Å². The number of hydrogen-bond acceptors (Lipinski definition) is 3. The molecule has 0 bridgehead atoms. The Hall–Kier alpha value is -1.55. The number of aliphatic hydroxyl groups is 1. The van der Waals surface area contributed by atoms with Gasteiger partial charge in [0, 0.05) is 5.69 Å². The van der Waals surface area contributed by atoms with Gasteiger partial charge in [-0.15, -0.1) is 0 Å². The summed E-state index contributed by atoms with van der Waals surface area (Å²) in [5.41, 5.74) is 0.446. The number of ether oxygens (including phenoxy) is 1. The molecule has 1 aromatic rings. The monoisotopic (exact) mass is 373 g/mol. The van der Waals surface area contributed by atoms with Gasteiger partial charge in [0.25, 0.3) is 0 Å². The molecule has 4 nitrogen and oxygen atoms in total. The number of hydrogen-bond donors (Lipinski definition) is 2. The van der Waals surface area contributed by atoms with E-state index in [2.05, 4.69) is 26.1 Å². The maximum absolute atomic E-state index is 12.1. The average molecular weight is 374 g/mol. The van der Waals surface area contributed by atoms with Crippen LogP contribution in [0.5, 0.6) is 0 Å². The van der Waals surface area contributed by atoms with E-state index in [4.69, 9.17) is 4.74 Å². The van der Waals surface area contributed by atoms with Crippen molar-refractivity contribution in [3.63, 3.8) is 0 Å². The van der Waals surface area contributed by atoms with Gasteiger partial charge >= 0.3 is 6.09 Å². The molecule has 0 heterocycles. The molecular formula is C23H35NO3. The molecule has 3 rings (SSSR count). The fourth-order valence-corrected chi connectivity index (χ4v) is 6.21. The highest BCUT2D eigenvalue weighted by atomic mass is 16.5. The van der Waals surface area contributed by atoms with Crippen molar-refractivity contribution in [2.45, 2.75) is 71.8 Å². The number of carbonyl (C=O) groups excluding carboxylic acids is 1. The minimum absolute atomic E-state index is 0.1000. The molecule has 0 aliphatic heterocycles. The Kier molecular flexibility index (Phi) is 5.58. The summed E-state index contributed by atoms with van der Waals surface area (Å²) in [6.07, 6.45) is 5.82. The number of amides is 1. The summed E-state index contributed by atoms with van der Waals surface area (Å²) in [7, 11) is 0. The van der Waals surface area contributed by atoms with Crippen molar-refractivity contribution in [1.82, 2.24) is 0 Å². The summed E-state index contributed by atoms with van der Waals surface area (Å²) in [5.74, 6) is 0.759. The number of carbonyl (C=O) groups is 1. The molecule has 0 unspecified atom stereocenters. The number of fused-ring (bicyclic) bond motifs is 1. The zero-order valence-corrected chi connectivity index (χ0v) is 17.3. The van der Waals surface area contributed by atoms with Crippen LogP contribution in [0.15, 0.2) is 30.3 Å². The second-order valence-corrected chi connectivity index (χ2v) is 9.76. The summed E-state index contributed by atoms with van der Waals surface area (Å²) in [6, 6.07) is 9.33. The van der Waals surface area contributed by atoms with E-state index in [-0.39, 0.29) is 11.3 Å². The van der Waals surface area contributed by atoms with Crippen LogP contribution in [0.3, 0.4) is 0 Å². The van der Waals surface area contributed by atoms with E-state index >= 15 is 0 Å². The lowest BCUT2D eigenvalue weighted by atomic mass is 9.45. The van der Waals surface area contributed by atoms with Crippen LogP contribution < -0.4 is 5.32 Å². The lowest BCUT2D eigenvalue weighted by molar-refractivity contribution is -0.171. The predicted octanol–water partition coefficient (Wildman–Crippen LogP) is 5.62. The first-order valence-electron chi connectivity index (χ1n) is 10.4. The number of rotatable bonds is 4. The van der Waals surface area contributed by atoms with Crippen molar-refractivity contribution in [3.8, 4) is 0 Å². The fourth-order valence-electron chi connectivity index (χ4n) is 6.21. The number of anilines is 1. The molecular weight excluding hydrogens is 338 g/mol. The summed E-state index contributed by atoms with van der Waals surface area (Å²) in [5, 5.41) is 13.9. The molecule has 0 saturated heterocycles. The molecule has 0 radical (unpaired) electrons. The number of benzene rings is 1. The van der Waals surface area contributed by atoms with E-state index in [1.807, 2.05) is 37.3 Å². The van der Waals surface area contributed by atoms with Crippen molar-refractivity contribution in [3.05, 3.63) is 30.3 Å². The summed E-state index contributed by atoms with van der Waals surface area (Å²) >= 11 is 0. The normalized spacial score (nSPS) is 35.1. The van der Waals surface area contributed by atoms with Crippen LogP contribution in [-0.4, -0.2) is 23.4 Å². The Morgan fingerprint density at radius 3 is 2.56 bits per heavy atom. The van der Waals surface area contributed by atoms with E-state index < -0.39 is 11.7 Å². The molecule has 27 heavy (non-hydrogen) atoms.